The van der Waals surface area contributed by atoms with Crippen molar-refractivity contribution in [1.29, 1.82) is 0 Å². The van der Waals surface area contributed by atoms with Gasteiger partial charge in [-0.05, 0) is 61.3 Å². The van der Waals surface area contributed by atoms with E-state index in [9.17, 15) is 4.79 Å². The zero-order valence-electron chi connectivity index (χ0n) is 12.4. The number of fused-ring (bicyclic) bond motifs is 1. The number of anilines is 1. The van der Waals surface area contributed by atoms with Crippen LogP contribution in [0.1, 0.15) is 49.0 Å². The molecule has 108 valence electrons. The lowest BCUT2D eigenvalue weighted by Gasteiger charge is -2.21. The van der Waals surface area contributed by atoms with Crippen LogP contribution in [0.25, 0.3) is 0 Å². The Morgan fingerprint density at radius 1 is 1.30 bits per heavy atom. The van der Waals surface area contributed by atoms with Crippen molar-refractivity contribution in [2.45, 2.75) is 45.6 Å². The van der Waals surface area contributed by atoms with Gasteiger partial charge in [0.2, 0.25) is 0 Å². The Balaban J connectivity index is 1.71. The summed E-state index contributed by atoms with van der Waals surface area (Å²) in [5, 5.41) is 6.61. The maximum atomic E-state index is 12.4. The lowest BCUT2D eigenvalue weighted by Crippen LogP contribution is -2.37. The van der Waals surface area contributed by atoms with E-state index >= 15 is 0 Å². The minimum atomic E-state index is 0.0873. The summed E-state index contributed by atoms with van der Waals surface area (Å²) in [5.41, 5.74) is 3.27. The van der Waals surface area contributed by atoms with Crippen molar-refractivity contribution >= 4 is 11.6 Å². The molecule has 1 aliphatic heterocycles. The number of carbonyl (C=O) groups is 1. The van der Waals surface area contributed by atoms with Gasteiger partial charge in [-0.1, -0.05) is 13.8 Å². The normalized spacial score (nSPS) is 28.6. The Hall–Kier alpha value is -1.51. The quantitative estimate of drug-likeness (QED) is 0.868. The third-order valence-corrected chi connectivity index (χ3v) is 5.09. The van der Waals surface area contributed by atoms with E-state index < -0.39 is 0 Å². The molecule has 1 aromatic carbocycles. The lowest BCUT2D eigenvalue weighted by molar-refractivity contribution is 0.0927. The first-order valence-corrected chi connectivity index (χ1v) is 7.83. The molecule has 3 atom stereocenters. The average molecular weight is 272 g/mol. The van der Waals surface area contributed by atoms with Gasteiger partial charge in [-0.25, -0.2) is 0 Å². The zero-order valence-corrected chi connectivity index (χ0v) is 12.4. The third-order valence-electron chi connectivity index (χ3n) is 5.09. The standard InChI is InChI=1S/C17H24N2O/c1-11-5-7-15(12(11)2)19-17(20)14-6-8-16-13(10-14)4-3-9-18-16/h6,8,10-12,15,18H,3-5,7,9H2,1-2H3,(H,19,20). The van der Waals surface area contributed by atoms with Crippen molar-refractivity contribution in [2.75, 3.05) is 11.9 Å². The van der Waals surface area contributed by atoms with E-state index in [-0.39, 0.29) is 5.91 Å². The predicted octanol–water partition coefficient (Wildman–Crippen LogP) is 3.21. The van der Waals surface area contributed by atoms with E-state index in [1.165, 1.54) is 17.7 Å². The highest BCUT2D eigenvalue weighted by Gasteiger charge is 2.30. The molecule has 1 aromatic rings. The minimum Gasteiger partial charge on any atom is -0.385 e. The second-order valence-corrected chi connectivity index (χ2v) is 6.40. The van der Waals surface area contributed by atoms with Crippen LogP contribution in [0.15, 0.2) is 18.2 Å². The molecule has 1 heterocycles. The predicted molar refractivity (Wildman–Crippen MR) is 82.1 cm³/mol. The van der Waals surface area contributed by atoms with Crippen LogP contribution in [-0.4, -0.2) is 18.5 Å². The second-order valence-electron chi connectivity index (χ2n) is 6.40. The molecule has 1 fully saturated rings. The van der Waals surface area contributed by atoms with E-state index in [2.05, 4.69) is 30.5 Å². The lowest BCUT2D eigenvalue weighted by atomic mass is 9.97. The largest absolute Gasteiger partial charge is 0.385 e. The molecular formula is C17H24N2O. The number of nitrogens with one attached hydrogen (secondary N) is 2. The van der Waals surface area contributed by atoms with Crippen LogP contribution in [0.5, 0.6) is 0 Å². The molecule has 20 heavy (non-hydrogen) atoms. The molecule has 0 aromatic heterocycles. The van der Waals surface area contributed by atoms with Crippen LogP contribution < -0.4 is 10.6 Å². The molecule has 0 bridgehead atoms. The van der Waals surface area contributed by atoms with Gasteiger partial charge in [0.05, 0.1) is 0 Å². The van der Waals surface area contributed by atoms with Crippen molar-refractivity contribution < 1.29 is 4.79 Å². The highest BCUT2D eigenvalue weighted by atomic mass is 16.1. The summed E-state index contributed by atoms with van der Waals surface area (Å²) < 4.78 is 0. The topological polar surface area (TPSA) is 41.1 Å². The molecule has 0 radical (unpaired) electrons. The number of aryl methyl sites for hydroxylation is 1. The molecule has 0 saturated heterocycles. The van der Waals surface area contributed by atoms with Gasteiger partial charge in [0.25, 0.3) is 5.91 Å². The number of amides is 1. The van der Waals surface area contributed by atoms with Gasteiger partial charge in [0.1, 0.15) is 0 Å². The molecule has 1 amide bonds. The molecule has 1 saturated carbocycles. The van der Waals surface area contributed by atoms with Crippen molar-refractivity contribution in [3.63, 3.8) is 0 Å². The second kappa shape index (κ2) is 5.47. The van der Waals surface area contributed by atoms with Gasteiger partial charge in [-0.3, -0.25) is 4.79 Å². The Kier molecular flexibility index (Phi) is 3.68. The van der Waals surface area contributed by atoms with Gasteiger partial charge >= 0.3 is 0 Å². The van der Waals surface area contributed by atoms with Crippen LogP contribution >= 0.6 is 0 Å². The minimum absolute atomic E-state index is 0.0873. The van der Waals surface area contributed by atoms with Crippen molar-refractivity contribution in [1.82, 2.24) is 5.32 Å². The first-order valence-electron chi connectivity index (χ1n) is 7.83. The fraction of sp³-hybridized carbons (Fsp3) is 0.588. The van der Waals surface area contributed by atoms with Gasteiger partial charge < -0.3 is 10.6 Å². The summed E-state index contributed by atoms with van der Waals surface area (Å²) in [5.74, 6) is 1.38. The Morgan fingerprint density at radius 3 is 2.90 bits per heavy atom. The average Bonchev–Trinajstić information content (AvgIpc) is 2.78. The van der Waals surface area contributed by atoms with Gasteiger partial charge in [0.15, 0.2) is 0 Å². The van der Waals surface area contributed by atoms with Crippen LogP contribution in [-0.2, 0) is 6.42 Å². The van der Waals surface area contributed by atoms with Crippen molar-refractivity contribution in [3.8, 4) is 0 Å². The first kappa shape index (κ1) is 13.5. The molecule has 3 unspecified atom stereocenters. The molecule has 2 aliphatic rings. The Bertz CT molecular complexity index is 512. The number of benzene rings is 1. The van der Waals surface area contributed by atoms with Crippen molar-refractivity contribution in [2.24, 2.45) is 11.8 Å². The number of carbonyl (C=O) groups excluding carboxylic acids is 1. The monoisotopic (exact) mass is 272 g/mol. The summed E-state index contributed by atoms with van der Waals surface area (Å²) in [7, 11) is 0. The first-order chi connectivity index (χ1) is 9.65. The molecule has 2 N–H and O–H groups in total. The van der Waals surface area contributed by atoms with E-state index in [0.717, 1.165) is 31.4 Å². The van der Waals surface area contributed by atoms with Crippen molar-refractivity contribution in [3.05, 3.63) is 29.3 Å². The maximum absolute atomic E-state index is 12.4. The smallest absolute Gasteiger partial charge is 0.251 e. The van der Waals surface area contributed by atoms with Crippen LogP contribution in [0.4, 0.5) is 5.69 Å². The Labute approximate surface area is 121 Å². The Morgan fingerprint density at radius 2 is 2.15 bits per heavy atom. The summed E-state index contributed by atoms with van der Waals surface area (Å²) >= 11 is 0. The fourth-order valence-electron chi connectivity index (χ4n) is 3.44. The highest BCUT2D eigenvalue weighted by Crippen LogP contribution is 2.31. The third kappa shape index (κ3) is 2.54. The van der Waals surface area contributed by atoms with E-state index in [0.29, 0.717) is 17.9 Å². The number of hydrogen-bond acceptors (Lipinski definition) is 2. The summed E-state index contributed by atoms with van der Waals surface area (Å²) in [6, 6.07) is 6.38. The van der Waals surface area contributed by atoms with E-state index in [1.807, 2.05) is 12.1 Å². The van der Waals surface area contributed by atoms with Gasteiger partial charge in [0, 0.05) is 23.8 Å². The van der Waals surface area contributed by atoms with E-state index in [4.69, 9.17) is 0 Å². The molecule has 3 heteroatoms. The fourth-order valence-corrected chi connectivity index (χ4v) is 3.44. The molecule has 3 rings (SSSR count). The molecule has 1 aliphatic carbocycles. The SMILES string of the molecule is CC1CCC(NC(=O)c2ccc3c(c2)CCCN3)C1C. The summed E-state index contributed by atoms with van der Waals surface area (Å²) in [6.07, 6.45) is 4.55. The highest BCUT2D eigenvalue weighted by molar-refractivity contribution is 5.95. The molecule has 3 nitrogen and oxygen atoms in total. The van der Waals surface area contributed by atoms with Gasteiger partial charge in [-0.15, -0.1) is 0 Å². The van der Waals surface area contributed by atoms with Crippen LogP contribution in [0.2, 0.25) is 0 Å². The van der Waals surface area contributed by atoms with Crippen LogP contribution in [0, 0.1) is 11.8 Å². The zero-order chi connectivity index (χ0) is 14.1. The van der Waals surface area contributed by atoms with Crippen LogP contribution in [0.3, 0.4) is 0 Å². The maximum Gasteiger partial charge on any atom is 0.251 e. The van der Waals surface area contributed by atoms with E-state index in [1.54, 1.807) is 0 Å². The number of rotatable bonds is 2. The molecule has 0 spiro atoms. The molecular weight excluding hydrogens is 248 g/mol. The summed E-state index contributed by atoms with van der Waals surface area (Å²) in [4.78, 5) is 12.4. The number of hydrogen-bond donors (Lipinski definition) is 2. The summed E-state index contributed by atoms with van der Waals surface area (Å²) in [6.45, 7) is 5.57. The van der Waals surface area contributed by atoms with Gasteiger partial charge in [-0.2, -0.15) is 0 Å².